The molecular weight excluding hydrogens is 1010 g/mol. The van der Waals surface area contributed by atoms with Gasteiger partial charge in [-0.15, -0.1) is 20.4 Å². The number of nitrogens with one attached hydrogen (secondary N) is 2. The van der Waals surface area contributed by atoms with Gasteiger partial charge < -0.3 is 38.9 Å². The Morgan fingerprint density at radius 2 is 1.18 bits per heavy atom. The molecule has 18 nitrogen and oxygen atoms in total. The first-order chi connectivity index (χ1) is 35.1. The lowest BCUT2D eigenvalue weighted by molar-refractivity contribution is 0.00578. The number of fused-ring (bicyclic) bond motifs is 4. The second kappa shape index (κ2) is 23.6. The number of methoxy groups -OCH3 is 2. The van der Waals surface area contributed by atoms with Crippen LogP contribution in [0.2, 0.25) is 0 Å². The number of rotatable bonds is 10. The van der Waals surface area contributed by atoms with Crippen LogP contribution in [0.1, 0.15) is 68.5 Å². The summed E-state index contributed by atoms with van der Waals surface area (Å²) in [5, 5.41) is 22.5. The van der Waals surface area contributed by atoms with Crippen molar-refractivity contribution in [2.45, 2.75) is 86.1 Å². The maximum absolute atomic E-state index is 14.4. The van der Waals surface area contributed by atoms with Crippen molar-refractivity contribution in [1.82, 2.24) is 49.1 Å². The minimum Gasteiger partial charge on any atom is -0.493 e. The summed E-state index contributed by atoms with van der Waals surface area (Å²) in [5.74, 6) is 3.23. The first kappa shape index (κ1) is 54.9. The number of hydrogen-bond donors (Lipinski definition) is 2. The quantitative estimate of drug-likeness (QED) is 0.134. The molecule has 3 aliphatic heterocycles. The zero-order valence-corrected chi connectivity index (χ0v) is 43.1. The molecule has 25 heteroatoms. The molecule has 0 atom stereocenters. The smallest absolute Gasteiger partial charge is 0.493 e. The Morgan fingerprint density at radius 1 is 0.703 bits per heavy atom. The number of nitrogens with zero attached hydrogens (tertiary/aromatic N) is 10. The Morgan fingerprint density at radius 3 is 1.69 bits per heavy atom. The number of halogens is 3. The van der Waals surface area contributed by atoms with Gasteiger partial charge in [0.1, 0.15) is 35.8 Å². The summed E-state index contributed by atoms with van der Waals surface area (Å²) in [6.45, 7) is 13.9. The van der Waals surface area contributed by atoms with E-state index in [4.69, 9.17) is 28.3 Å². The standard InChI is InChI=1S/C21H19FN6O2.C14H11BrFN5O.C13H20BNO3.CH4.B3/c1-12-7-19(29-2)23-8-14(12)16-10-25-21(28-11-26-27-20(16)28)24-9-15-13-5-6-30-18(13)4-3-17(15)22;15-10-6-18-14(21-7-19-20-13(10)21)17-5-9-8-3-4-22-12(8)2-1-11(9)16;1-9-7-11(16-6)15-8-10(9)14-17-12(2,3)13(4,5)18-14;;1-3-2/h3-4,7-8,10-11H,5-6,9H2,1-2H3,(H,24,25);1-2,6-7H,3-5H2,(H,17,18);7-8H,1-6H3;1H4;. The van der Waals surface area contributed by atoms with Crippen molar-refractivity contribution >= 4 is 74.2 Å². The molecular formula is C49H54B4BrF2N12O6. The molecule has 74 heavy (non-hydrogen) atoms. The number of aryl methyl sites for hydroxylation is 2. The number of hydrogen-bond acceptors (Lipinski definition) is 16. The highest BCUT2D eigenvalue weighted by atomic mass is 79.9. The molecule has 0 unspecified atom stereocenters. The highest BCUT2D eigenvalue weighted by Gasteiger charge is 2.52. The first-order valence-corrected chi connectivity index (χ1v) is 23.9. The third-order valence-corrected chi connectivity index (χ3v) is 13.3. The Bertz CT molecular complexity index is 3250. The van der Waals surface area contributed by atoms with Gasteiger partial charge in [0, 0.05) is 124 Å². The zero-order valence-electron chi connectivity index (χ0n) is 41.5. The van der Waals surface area contributed by atoms with Crippen LogP contribution >= 0.6 is 15.9 Å². The van der Waals surface area contributed by atoms with Crippen LogP contribution < -0.4 is 35.0 Å². The lowest BCUT2D eigenvalue weighted by Gasteiger charge is -2.32. The molecule has 2 aromatic carbocycles. The van der Waals surface area contributed by atoms with Crippen molar-refractivity contribution in [3.05, 3.63) is 123 Å². The highest BCUT2D eigenvalue weighted by Crippen LogP contribution is 2.37. The van der Waals surface area contributed by atoms with Gasteiger partial charge in [-0.3, -0.25) is 8.80 Å². The fraction of sp³-hybridized carbons (Fsp3) is 0.347. The fourth-order valence-corrected chi connectivity index (χ4v) is 8.57. The first-order valence-electron chi connectivity index (χ1n) is 23.1. The van der Waals surface area contributed by atoms with Crippen molar-refractivity contribution in [2.75, 3.05) is 38.1 Å². The van der Waals surface area contributed by atoms with E-state index in [1.165, 1.54) is 12.1 Å². The predicted octanol–water partition coefficient (Wildman–Crippen LogP) is 6.95. The largest absolute Gasteiger partial charge is 0.496 e. The van der Waals surface area contributed by atoms with Gasteiger partial charge >= 0.3 is 7.12 Å². The number of aromatic nitrogens is 10. The van der Waals surface area contributed by atoms with Crippen molar-refractivity contribution in [3.8, 4) is 34.4 Å². The molecule has 9 heterocycles. The minimum atomic E-state index is -0.367. The van der Waals surface area contributed by atoms with Crippen LogP contribution in [0.4, 0.5) is 20.7 Å². The van der Waals surface area contributed by atoms with Gasteiger partial charge in [0.2, 0.25) is 23.7 Å². The van der Waals surface area contributed by atoms with Crippen LogP contribution in [-0.4, -0.2) is 117 Å². The monoisotopic (exact) mass is 1070 g/mol. The molecule has 2 N–H and O–H groups in total. The summed E-state index contributed by atoms with van der Waals surface area (Å²) in [6.07, 6.45) is 11.4. The highest BCUT2D eigenvalue weighted by molar-refractivity contribution is 9.10. The molecule has 1 fully saturated rings. The maximum Gasteiger partial charge on any atom is 0.496 e. The van der Waals surface area contributed by atoms with Crippen LogP contribution in [0, 0.1) is 25.5 Å². The van der Waals surface area contributed by atoms with Crippen LogP contribution in [0.5, 0.6) is 23.3 Å². The van der Waals surface area contributed by atoms with E-state index < -0.39 is 0 Å². The molecule has 0 amide bonds. The lowest BCUT2D eigenvalue weighted by atomic mass is 9.40. The summed E-state index contributed by atoms with van der Waals surface area (Å²) in [6, 6.07) is 9.97. The Balaban J connectivity index is 0.000000162. The van der Waals surface area contributed by atoms with Gasteiger partial charge in [-0.2, -0.15) is 0 Å². The third kappa shape index (κ3) is 11.6. The molecule has 379 valence electrons. The van der Waals surface area contributed by atoms with Crippen LogP contribution in [0.15, 0.2) is 78.3 Å². The lowest BCUT2D eigenvalue weighted by Crippen LogP contribution is -2.41. The SMILES string of the molecule is C.COc1cc(C)c(-c2cnc(NCc3c(F)ccc4c3CCO4)n3cnnc23)cn1.COc1cc(C)c(B2OC(C)(C)C(C)(C)O2)cn1.Fc1ccc2c(c1CNc1ncc(Br)c3nncn13)CCO2.[B][B][B]. The van der Waals surface area contributed by atoms with Crippen molar-refractivity contribution in [1.29, 1.82) is 0 Å². The molecule has 8 aromatic rings. The van der Waals surface area contributed by atoms with E-state index >= 15 is 0 Å². The van der Waals surface area contributed by atoms with E-state index in [-0.39, 0.29) is 43.9 Å². The van der Waals surface area contributed by atoms with E-state index in [1.807, 2.05) is 53.7 Å². The van der Waals surface area contributed by atoms with Crippen molar-refractivity contribution in [3.63, 3.8) is 0 Å². The molecule has 0 bridgehead atoms. The van der Waals surface area contributed by atoms with Crippen molar-refractivity contribution < 1.29 is 37.0 Å². The van der Waals surface area contributed by atoms with Gasteiger partial charge in [-0.1, -0.05) is 7.43 Å². The third-order valence-electron chi connectivity index (χ3n) is 12.8. The second-order valence-corrected chi connectivity index (χ2v) is 18.6. The second-order valence-electron chi connectivity index (χ2n) is 17.8. The van der Waals surface area contributed by atoms with E-state index in [9.17, 15) is 8.78 Å². The average Bonchev–Trinajstić information content (AvgIpc) is 4.24. The van der Waals surface area contributed by atoms with Gasteiger partial charge in [-0.25, -0.2) is 28.7 Å². The average molecular weight is 1070 g/mol. The molecule has 1 saturated heterocycles. The van der Waals surface area contributed by atoms with E-state index in [2.05, 4.69) is 82.4 Å². The Hall–Kier alpha value is -6.84. The molecule has 0 saturated carbocycles. The van der Waals surface area contributed by atoms with E-state index in [0.717, 1.165) is 68.3 Å². The van der Waals surface area contributed by atoms with Gasteiger partial charge in [0.25, 0.3) is 0 Å². The molecule has 3 aliphatic rings. The number of pyridine rings is 2. The van der Waals surface area contributed by atoms with Crippen LogP contribution in [-0.2, 0) is 35.2 Å². The predicted molar refractivity (Wildman–Crippen MR) is 285 cm³/mol. The Kier molecular flexibility index (Phi) is 17.5. The molecule has 0 spiro atoms. The molecule has 11 rings (SSSR count). The van der Waals surface area contributed by atoms with Gasteiger partial charge in [-0.05, 0) is 92.9 Å². The van der Waals surface area contributed by atoms with Crippen LogP contribution in [0.25, 0.3) is 22.4 Å². The summed E-state index contributed by atoms with van der Waals surface area (Å²) in [5.41, 5.74) is 8.32. The molecule has 6 aromatic heterocycles. The topological polar surface area (TPSA) is 191 Å². The summed E-state index contributed by atoms with van der Waals surface area (Å²) in [4.78, 5) is 17.3. The summed E-state index contributed by atoms with van der Waals surface area (Å²) in [7, 11) is 12.8. The zero-order chi connectivity index (χ0) is 52.0. The summed E-state index contributed by atoms with van der Waals surface area (Å²) >= 11 is 3.37. The number of anilines is 2. The van der Waals surface area contributed by atoms with E-state index in [0.29, 0.717) is 72.3 Å². The maximum atomic E-state index is 14.4. The van der Waals surface area contributed by atoms with Crippen LogP contribution in [0.3, 0.4) is 0 Å². The Labute approximate surface area is 440 Å². The number of ether oxygens (including phenoxy) is 4. The minimum absolute atomic E-state index is 0. The normalized spacial score (nSPS) is 14.3. The van der Waals surface area contributed by atoms with Crippen molar-refractivity contribution in [2.24, 2.45) is 0 Å². The fourth-order valence-electron chi connectivity index (χ4n) is 8.20. The summed E-state index contributed by atoms with van der Waals surface area (Å²) < 4.78 is 66.1. The van der Waals surface area contributed by atoms with Gasteiger partial charge in [0.15, 0.2) is 11.3 Å². The molecule has 5 radical (unpaired) electrons. The van der Waals surface area contributed by atoms with Gasteiger partial charge in [0.05, 0.1) is 43.1 Å². The van der Waals surface area contributed by atoms with E-state index in [1.54, 1.807) is 72.6 Å². The molecule has 0 aliphatic carbocycles. The number of benzene rings is 2.